The number of rotatable bonds is 14. The van der Waals surface area contributed by atoms with Gasteiger partial charge in [-0.15, -0.1) is 0 Å². The molecule has 0 fully saturated rings. The first-order valence-electron chi connectivity index (χ1n) is 8.56. The number of ether oxygens (including phenoxy) is 2. The van der Waals surface area contributed by atoms with Crippen LogP contribution in [0.25, 0.3) is 0 Å². The molecular weight excluding hydrogens is 264 g/mol. The molecule has 124 valence electrons. The van der Waals surface area contributed by atoms with Gasteiger partial charge in [-0.25, -0.2) is 4.79 Å². The third-order valence-corrected chi connectivity index (χ3v) is 3.48. The molecule has 0 aromatic carbocycles. The van der Waals surface area contributed by atoms with E-state index in [1.54, 1.807) is 6.92 Å². The zero-order chi connectivity index (χ0) is 15.9. The first-order chi connectivity index (χ1) is 10.1. The van der Waals surface area contributed by atoms with Gasteiger partial charge in [0.05, 0.1) is 6.10 Å². The summed E-state index contributed by atoms with van der Waals surface area (Å²) >= 11 is 0. The zero-order valence-corrected chi connectivity index (χ0v) is 14.3. The lowest BCUT2D eigenvalue weighted by molar-refractivity contribution is -0.143. The van der Waals surface area contributed by atoms with E-state index in [9.17, 15) is 4.79 Å². The van der Waals surface area contributed by atoms with Crippen LogP contribution in [0.15, 0.2) is 12.2 Å². The van der Waals surface area contributed by atoms with Crippen LogP contribution < -0.4 is 0 Å². The van der Waals surface area contributed by atoms with E-state index in [0.717, 1.165) is 32.3 Å². The second-order valence-electron chi connectivity index (χ2n) is 5.78. The summed E-state index contributed by atoms with van der Waals surface area (Å²) in [4.78, 5) is 11.4. The third kappa shape index (κ3) is 12.6. The fourth-order valence-electron chi connectivity index (χ4n) is 2.05. The minimum absolute atomic E-state index is 0.0334. The first kappa shape index (κ1) is 20.2. The molecule has 0 spiro atoms. The average Bonchev–Trinajstić information content (AvgIpc) is 2.47. The number of hydrogen-bond acceptors (Lipinski definition) is 3. The standard InChI is InChI=1S/C18H34O3/c1-5-7-9-10-11-12-13-17(20-14-8-6-2)15-21-18(19)16(3)4/h17H,3,5-15H2,1-2,4H3. The van der Waals surface area contributed by atoms with Gasteiger partial charge in [0.15, 0.2) is 0 Å². The molecule has 0 aromatic heterocycles. The summed E-state index contributed by atoms with van der Waals surface area (Å²) in [7, 11) is 0. The van der Waals surface area contributed by atoms with Gasteiger partial charge < -0.3 is 9.47 Å². The minimum atomic E-state index is -0.318. The highest BCUT2D eigenvalue weighted by molar-refractivity contribution is 5.86. The molecule has 0 aliphatic rings. The Morgan fingerprint density at radius 3 is 2.24 bits per heavy atom. The Labute approximate surface area is 131 Å². The van der Waals surface area contributed by atoms with Gasteiger partial charge in [-0.1, -0.05) is 65.4 Å². The molecule has 0 N–H and O–H groups in total. The zero-order valence-electron chi connectivity index (χ0n) is 14.3. The molecule has 21 heavy (non-hydrogen) atoms. The van der Waals surface area contributed by atoms with Gasteiger partial charge in [0.2, 0.25) is 0 Å². The van der Waals surface area contributed by atoms with Crippen molar-refractivity contribution in [2.45, 2.75) is 84.7 Å². The third-order valence-electron chi connectivity index (χ3n) is 3.48. The molecule has 0 bridgehead atoms. The van der Waals surface area contributed by atoms with Crippen molar-refractivity contribution < 1.29 is 14.3 Å². The number of unbranched alkanes of at least 4 members (excludes halogenated alkanes) is 6. The Balaban J connectivity index is 3.90. The van der Waals surface area contributed by atoms with Crippen molar-refractivity contribution in [1.29, 1.82) is 0 Å². The molecule has 0 heterocycles. The summed E-state index contributed by atoms with van der Waals surface area (Å²) in [6, 6.07) is 0. The van der Waals surface area contributed by atoms with E-state index >= 15 is 0 Å². The average molecular weight is 298 g/mol. The van der Waals surface area contributed by atoms with Crippen LogP contribution >= 0.6 is 0 Å². The maximum Gasteiger partial charge on any atom is 0.333 e. The van der Waals surface area contributed by atoms with Gasteiger partial charge in [0.1, 0.15) is 6.61 Å². The lowest BCUT2D eigenvalue weighted by Gasteiger charge is -2.18. The molecule has 1 atom stereocenters. The van der Waals surface area contributed by atoms with Crippen molar-refractivity contribution in [1.82, 2.24) is 0 Å². The normalized spacial score (nSPS) is 12.1. The molecule has 0 amide bonds. The fourth-order valence-corrected chi connectivity index (χ4v) is 2.05. The molecule has 1 unspecified atom stereocenters. The van der Waals surface area contributed by atoms with Crippen molar-refractivity contribution in [3.05, 3.63) is 12.2 Å². The second-order valence-corrected chi connectivity index (χ2v) is 5.78. The quantitative estimate of drug-likeness (QED) is 0.256. The lowest BCUT2D eigenvalue weighted by Crippen LogP contribution is -2.23. The summed E-state index contributed by atoms with van der Waals surface area (Å²) in [5.74, 6) is -0.318. The molecule has 0 radical (unpaired) electrons. The maximum atomic E-state index is 11.4. The Morgan fingerprint density at radius 1 is 1.00 bits per heavy atom. The van der Waals surface area contributed by atoms with Crippen molar-refractivity contribution in [3.8, 4) is 0 Å². The molecule has 0 aliphatic carbocycles. The SMILES string of the molecule is C=C(C)C(=O)OCC(CCCCCCCC)OCCCC. The number of esters is 1. The summed E-state index contributed by atoms with van der Waals surface area (Å²) in [6.07, 6.45) is 10.8. The minimum Gasteiger partial charge on any atom is -0.460 e. The van der Waals surface area contributed by atoms with Gasteiger partial charge in [-0.05, 0) is 19.8 Å². The molecule has 0 saturated carbocycles. The molecular formula is C18H34O3. The molecule has 0 saturated heterocycles. The van der Waals surface area contributed by atoms with Crippen LogP contribution in [0.3, 0.4) is 0 Å². The Morgan fingerprint density at radius 2 is 1.62 bits per heavy atom. The molecule has 0 aliphatic heterocycles. The van der Waals surface area contributed by atoms with Crippen LogP contribution in [0.4, 0.5) is 0 Å². The van der Waals surface area contributed by atoms with E-state index in [0.29, 0.717) is 12.2 Å². The van der Waals surface area contributed by atoms with Gasteiger partial charge in [0, 0.05) is 12.2 Å². The van der Waals surface area contributed by atoms with Crippen LogP contribution in [0.5, 0.6) is 0 Å². The summed E-state index contributed by atoms with van der Waals surface area (Å²) in [6.45, 7) is 10.7. The fraction of sp³-hybridized carbons (Fsp3) is 0.833. The number of carbonyl (C=O) groups is 1. The predicted molar refractivity (Wildman–Crippen MR) is 88.4 cm³/mol. The van der Waals surface area contributed by atoms with E-state index < -0.39 is 0 Å². The largest absolute Gasteiger partial charge is 0.460 e. The van der Waals surface area contributed by atoms with Gasteiger partial charge in [-0.3, -0.25) is 0 Å². The van der Waals surface area contributed by atoms with Crippen LogP contribution in [-0.4, -0.2) is 25.3 Å². The van der Waals surface area contributed by atoms with Crippen LogP contribution in [0, 0.1) is 0 Å². The summed E-state index contributed by atoms with van der Waals surface area (Å²) < 4.78 is 11.1. The highest BCUT2D eigenvalue weighted by Gasteiger charge is 2.12. The van der Waals surface area contributed by atoms with Crippen molar-refractivity contribution in [2.75, 3.05) is 13.2 Å². The van der Waals surface area contributed by atoms with E-state index in [1.807, 2.05) is 0 Å². The van der Waals surface area contributed by atoms with E-state index in [1.165, 1.54) is 32.1 Å². The van der Waals surface area contributed by atoms with Crippen LogP contribution in [-0.2, 0) is 14.3 Å². The van der Waals surface area contributed by atoms with Crippen molar-refractivity contribution in [2.24, 2.45) is 0 Å². The highest BCUT2D eigenvalue weighted by atomic mass is 16.6. The Kier molecular flexibility index (Phi) is 13.6. The topological polar surface area (TPSA) is 35.5 Å². The summed E-state index contributed by atoms with van der Waals surface area (Å²) in [5, 5.41) is 0. The Bertz CT molecular complexity index is 274. The number of hydrogen-bond donors (Lipinski definition) is 0. The number of carbonyl (C=O) groups excluding carboxylic acids is 1. The smallest absolute Gasteiger partial charge is 0.333 e. The monoisotopic (exact) mass is 298 g/mol. The second kappa shape index (κ2) is 14.1. The first-order valence-corrected chi connectivity index (χ1v) is 8.56. The molecule has 3 heteroatoms. The van der Waals surface area contributed by atoms with Gasteiger partial charge >= 0.3 is 5.97 Å². The molecule has 3 nitrogen and oxygen atoms in total. The summed E-state index contributed by atoms with van der Waals surface area (Å²) in [5.41, 5.74) is 0.446. The van der Waals surface area contributed by atoms with E-state index in [-0.39, 0.29) is 12.1 Å². The molecule has 0 aromatic rings. The van der Waals surface area contributed by atoms with E-state index in [2.05, 4.69) is 20.4 Å². The Hall–Kier alpha value is -0.830. The van der Waals surface area contributed by atoms with Crippen molar-refractivity contribution >= 4 is 5.97 Å². The van der Waals surface area contributed by atoms with E-state index in [4.69, 9.17) is 9.47 Å². The van der Waals surface area contributed by atoms with Crippen LogP contribution in [0.2, 0.25) is 0 Å². The van der Waals surface area contributed by atoms with Crippen LogP contribution in [0.1, 0.15) is 78.6 Å². The van der Waals surface area contributed by atoms with Crippen molar-refractivity contribution in [3.63, 3.8) is 0 Å². The predicted octanol–water partition coefficient (Wildman–Crippen LogP) is 5.04. The highest BCUT2D eigenvalue weighted by Crippen LogP contribution is 2.12. The van der Waals surface area contributed by atoms with Gasteiger partial charge in [-0.2, -0.15) is 0 Å². The van der Waals surface area contributed by atoms with Gasteiger partial charge in [0.25, 0.3) is 0 Å². The maximum absolute atomic E-state index is 11.4. The molecule has 0 rings (SSSR count). The lowest BCUT2D eigenvalue weighted by atomic mass is 10.1.